The van der Waals surface area contributed by atoms with Crippen LogP contribution in [-0.4, -0.2) is 49.6 Å². The zero-order valence-corrected chi connectivity index (χ0v) is 19.3. The Bertz CT molecular complexity index is 809. The molecule has 0 bridgehead atoms. The van der Waals surface area contributed by atoms with Gasteiger partial charge in [-0.05, 0) is 81.5 Å². The fourth-order valence-electron chi connectivity index (χ4n) is 5.46. The highest BCUT2D eigenvalue weighted by molar-refractivity contribution is 5.76. The normalized spacial score (nSPS) is 26.5. The lowest BCUT2D eigenvalue weighted by Gasteiger charge is -2.37. The molecule has 4 nitrogen and oxygen atoms in total. The van der Waals surface area contributed by atoms with Crippen molar-refractivity contribution in [2.75, 3.05) is 37.6 Å². The first-order valence-electron chi connectivity index (χ1n) is 12.5. The van der Waals surface area contributed by atoms with E-state index in [0.717, 1.165) is 70.9 Å². The van der Waals surface area contributed by atoms with Crippen molar-refractivity contribution in [3.63, 3.8) is 0 Å². The van der Waals surface area contributed by atoms with Gasteiger partial charge < -0.3 is 10.2 Å². The minimum atomic E-state index is -4.30. The van der Waals surface area contributed by atoms with Gasteiger partial charge in [-0.3, -0.25) is 9.69 Å². The Kier molecular flexibility index (Phi) is 7.99. The monoisotopic (exact) mass is 463 g/mol. The van der Waals surface area contributed by atoms with Gasteiger partial charge in [0, 0.05) is 44.3 Å². The van der Waals surface area contributed by atoms with E-state index in [1.165, 1.54) is 25.0 Å². The van der Waals surface area contributed by atoms with E-state index in [2.05, 4.69) is 27.3 Å². The van der Waals surface area contributed by atoms with E-state index < -0.39 is 11.7 Å². The quantitative estimate of drug-likeness (QED) is 0.561. The second-order valence-corrected chi connectivity index (χ2v) is 9.92. The number of benzene rings is 1. The Balaban J connectivity index is 1.13. The van der Waals surface area contributed by atoms with E-state index >= 15 is 0 Å². The molecular formula is C26H36F3N3O. The first-order chi connectivity index (χ1) is 15.9. The van der Waals surface area contributed by atoms with Crippen LogP contribution in [0.5, 0.6) is 0 Å². The number of rotatable bonds is 7. The highest BCUT2D eigenvalue weighted by atomic mass is 19.4. The fraction of sp³-hybridized carbons (Fsp3) is 0.654. The molecule has 1 saturated carbocycles. The lowest BCUT2D eigenvalue weighted by atomic mass is 9.84. The third-order valence-corrected chi connectivity index (χ3v) is 7.54. The number of hydrogen-bond donors (Lipinski definition) is 1. The standard InChI is InChI=1S/C26H36F3N3O/c27-26(28,29)22-6-3-7-24(19-22)32-16-14-31(15-17-32)13-12-20-8-10-23(11-9-20)30-25(33)18-21-4-1-2-5-21/h1,3-4,6-7,19-21,23H,2,5,8-18H2,(H,30,33). The molecule has 7 heteroatoms. The molecule has 1 unspecified atom stereocenters. The van der Waals surface area contributed by atoms with Crippen molar-refractivity contribution in [3.05, 3.63) is 42.0 Å². The largest absolute Gasteiger partial charge is 0.416 e. The van der Waals surface area contributed by atoms with Crippen molar-refractivity contribution < 1.29 is 18.0 Å². The van der Waals surface area contributed by atoms with E-state index in [1.54, 1.807) is 6.07 Å². The van der Waals surface area contributed by atoms with E-state index in [4.69, 9.17) is 0 Å². The number of halogens is 3. The molecule has 2 aliphatic carbocycles. The molecule has 1 N–H and O–H groups in total. The number of nitrogens with one attached hydrogen (secondary N) is 1. The van der Waals surface area contributed by atoms with Gasteiger partial charge >= 0.3 is 6.18 Å². The van der Waals surface area contributed by atoms with Crippen LogP contribution < -0.4 is 10.2 Å². The average Bonchev–Trinajstić information content (AvgIpc) is 3.31. The maximum atomic E-state index is 13.0. The number of hydrogen-bond acceptors (Lipinski definition) is 3. The molecule has 1 aromatic carbocycles. The Labute approximate surface area is 195 Å². The molecule has 1 aromatic rings. The van der Waals surface area contributed by atoms with Crippen molar-refractivity contribution in [1.29, 1.82) is 0 Å². The van der Waals surface area contributed by atoms with Crippen LogP contribution >= 0.6 is 0 Å². The number of nitrogens with zero attached hydrogens (tertiary/aromatic N) is 2. The van der Waals surface area contributed by atoms with Gasteiger partial charge in [-0.1, -0.05) is 18.2 Å². The maximum Gasteiger partial charge on any atom is 0.416 e. The number of anilines is 1. The zero-order chi connectivity index (χ0) is 23.3. The van der Waals surface area contributed by atoms with Crippen LogP contribution in [-0.2, 0) is 11.0 Å². The summed E-state index contributed by atoms with van der Waals surface area (Å²) in [6.45, 7) is 4.34. The highest BCUT2D eigenvalue weighted by Gasteiger charge is 2.31. The average molecular weight is 464 g/mol. The number of piperazine rings is 1. The second-order valence-electron chi connectivity index (χ2n) is 9.92. The van der Waals surface area contributed by atoms with E-state index in [1.807, 2.05) is 0 Å². The number of carbonyl (C=O) groups excluding carboxylic acids is 1. The van der Waals surface area contributed by atoms with Crippen LogP contribution in [0.1, 0.15) is 56.9 Å². The summed E-state index contributed by atoms with van der Waals surface area (Å²) in [7, 11) is 0. The van der Waals surface area contributed by atoms with Crippen LogP contribution in [0.4, 0.5) is 18.9 Å². The predicted octanol–water partition coefficient (Wildman–Crippen LogP) is 5.25. The van der Waals surface area contributed by atoms with Gasteiger partial charge in [0.2, 0.25) is 5.91 Å². The Morgan fingerprint density at radius 1 is 1.03 bits per heavy atom. The minimum absolute atomic E-state index is 0.202. The maximum absolute atomic E-state index is 13.0. The Morgan fingerprint density at radius 2 is 1.79 bits per heavy atom. The van der Waals surface area contributed by atoms with Crippen LogP contribution in [0.25, 0.3) is 0 Å². The molecule has 33 heavy (non-hydrogen) atoms. The van der Waals surface area contributed by atoms with Crippen molar-refractivity contribution in [3.8, 4) is 0 Å². The minimum Gasteiger partial charge on any atom is -0.369 e. The van der Waals surface area contributed by atoms with Gasteiger partial charge in [-0.25, -0.2) is 0 Å². The number of carbonyl (C=O) groups is 1. The van der Waals surface area contributed by atoms with E-state index in [9.17, 15) is 18.0 Å². The molecule has 1 atom stereocenters. The molecule has 1 aliphatic heterocycles. The second kappa shape index (κ2) is 10.9. The molecule has 2 fully saturated rings. The smallest absolute Gasteiger partial charge is 0.369 e. The summed E-state index contributed by atoms with van der Waals surface area (Å²) in [5.41, 5.74) is 0.0818. The van der Waals surface area contributed by atoms with Gasteiger partial charge in [0.1, 0.15) is 0 Å². The Hall–Kier alpha value is -2.02. The summed E-state index contributed by atoms with van der Waals surface area (Å²) in [5, 5.41) is 3.25. The lowest BCUT2D eigenvalue weighted by molar-refractivity contribution is -0.137. The third kappa shape index (κ3) is 6.98. The number of allylic oxidation sites excluding steroid dienone is 2. The summed E-state index contributed by atoms with van der Waals surface area (Å²) in [6.07, 6.45) is 8.52. The first-order valence-corrected chi connectivity index (χ1v) is 12.5. The van der Waals surface area contributed by atoms with Crippen molar-refractivity contribution >= 4 is 11.6 Å². The van der Waals surface area contributed by atoms with Gasteiger partial charge in [0.15, 0.2) is 0 Å². The molecule has 182 valence electrons. The summed E-state index contributed by atoms with van der Waals surface area (Å²) in [6, 6.07) is 5.99. The summed E-state index contributed by atoms with van der Waals surface area (Å²) >= 11 is 0. The number of alkyl halides is 3. The SMILES string of the molecule is O=C(CC1C=CCC1)NC1CCC(CCN2CCN(c3cccc(C(F)(F)F)c3)CC2)CC1. The van der Waals surface area contributed by atoms with Gasteiger partial charge in [-0.2, -0.15) is 13.2 Å². The van der Waals surface area contributed by atoms with Crippen molar-refractivity contribution in [2.24, 2.45) is 11.8 Å². The molecule has 1 amide bonds. The zero-order valence-electron chi connectivity index (χ0n) is 19.3. The van der Waals surface area contributed by atoms with Crippen molar-refractivity contribution in [1.82, 2.24) is 10.2 Å². The van der Waals surface area contributed by atoms with Gasteiger partial charge in [-0.15, -0.1) is 0 Å². The highest BCUT2D eigenvalue weighted by Crippen LogP contribution is 2.32. The van der Waals surface area contributed by atoms with Crippen molar-refractivity contribution in [2.45, 2.75) is 63.6 Å². The molecule has 1 saturated heterocycles. The summed E-state index contributed by atoms with van der Waals surface area (Å²) in [5.74, 6) is 1.33. The fourth-order valence-corrected chi connectivity index (χ4v) is 5.46. The molecule has 0 aromatic heterocycles. The number of amides is 1. The molecule has 4 rings (SSSR count). The van der Waals surface area contributed by atoms with Crippen LogP contribution in [0.2, 0.25) is 0 Å². The molecule has 3 aliphatic rings. The molecular weight excluding hydrogens is 427 g/mol. The van der Waals surface area contributed by atoms with Gasteiger partial charge in [0.25, 0.3) is 0 Å². The molecule has 1 heterocycles. The lowest BCUT2D eigenvalue weighted by Crippen LogP contribution is -2.47. The third-order valence-electron chi connectivity index (χ3n) is 7.54. The first kappa shape index (κ1) is 24.1. The molecule has 0 spiro atoms. The van der Waals surface area contributed by atoms with E-state index in [-0.39, 0.29) is 5.91 Å². The Morgan fingerprint density at radius 3 is 2.45 bits per heavy atom. The topological polar surface area (TPSA) is 35.6 Å². The van der Waals surface area contributed by atoms with Crippen LogP contribution in [0.3, 0.4) is 0 Å². The summed E-state index contributed by atoms with van der Waals surface area (Å²) in [4.78, 5) is 16.8. The van der Waals surface area contributed by atoms with Crippen LogP contribution in [0, 0.1) is 11.8 Å². The van der Waals surface area contributed by atoms with Crippen LogP contribution in [0.15, 0.2) is 36.4 Å². The van der Waals surface area contributed by atoms with E-state index in [0.29, 0.717) is 30.0 Å². The van der Waals surface area contributed by atoms with Gasteiger partial charge in [0.05, 0.1) is 5.56 Å². The molecule has 0 radical (unpaired) electrons. The summed E-state index contributed by atoms with van der Waals surface area (Å²) < 4.78 is 39.0. The predicted molar refractivity (Wildman–Crippen MR) is 125 cm³/mol.